The molecule has 0 spiro atoms. The number of nitrogens with one attached hydrogen (secondary N) is 1. The van der Waals surface area contributed by atoms with Crippen LogP contribution in [0.5, 0.6) is 0 Å². The van der Waals surface area contributed by atoms with E-state index in [4.69, 9.17) is 4.12 Å². The third-order valence-electron chi connectivity index (χ3n) is 10.0. The summed E-state index contributed by atoms with van der Waals surface area (Å²) >= 11 is 0. The molecule has 4 nitrogen and oxygen atoms in total. The Morgan fingerprint density at radius 3 is 1.49 bits per heavy atom. The summed E-state index contributed by atoms with van der Waals surface area (Å²) in [5.41, 5.74) is 13.6. The van der Waals surface area contributed by atoms with Gasteiger partial charge in [-0.25, -0.2) is 0 Å². The number of rotatable bonds is 9. The van der Waals surface area contributed by atoms with Gasteiger partial charge in [0.15, 0.2) is 22.4 Å². The van der Waals surface area contributed by atoms with Crippen LogP contribution in [-0.4, -0.2) is 34.9 Å². The largest absolute Gasteiger partial charge is 0.455 e. The first-order valence-corrected chi connectivity index (χ1v) is 27.6. The Labute approximate surface area is 360 Å². The van der Waals surface area contributed by atoms with Gasteiger partial charge in [0.2, 0.25) is 5.91 Å². The molecule has 1 aliphatic rings. The first kappa shape index (κ1) is 50.5. The van der Waals surface area contributed by atoms with Crippen molar-refractivity contribution in [2.75, 3.05) is 6.54 Å². The Hall–Kier alpha value is -4.63. The zero-order valence-corrected chi connectivity index (χ0v) is 40.6. The molecule has 1 N–H and O–H groups in total. The highest BCUT2D eigenvalue weighted by Gasteiger charge is 2.32. The third-order valence-corrected chi connectivity index (χ3v) is 15.9. The van der Waals surface area contributed by atoms with Crippen LogP contribution < -0.4 is 5.32 Å². The van der Waals surface area contributed by atoms with Crippen LogP contribution in [0.2, 0.25) is 32.7 Å². The summed E-state index contributed by atoms with van der Waals surface area (Å²) in [4.78, 5) is 21.2. The van der Waals surface area contributed by atoms with Crippen molar-refractivity contribution < 1.29 is 13.7 Å². The van der Waals surface area contributed by atoms with Crippen molar-refractivity contribution >= 4 is 28.3 Å². The molecule has 316 valence electrons. The lowest BCUT2D eigenvalue weighted by molar-refractivity contribution is -0.119. The molecule has 0 fully saturated rings. The summed E-state index contributed by atoms with van der Waals surface area (Å²) < 4.78 is 6.36. The number of carbonyl (C=O) groups excluding carboxylic acids is 2. The van der Waals surface area contributed by atoms with E-state index in [0.717, 1.165) is 18.9 Å². The van der Waals surface area contributed by atoms with Gasteiger partial charge < -0.3 is 9.43 Å². The summed E-state index contributed by atoms with van der Waals surface area (Å²) in [5, 5.41) is 2.53. The van der Waals surface area contributed by atoms with E-state index in [1.165, 1.54) is 57.0 Å². The van der Waals surface area contributed by atoms with Crippen LogP contribution in [0.4, 0.5) is 0 Å². The number of fused-ring (bicyclic) bond motifs is 2. The smallest absolute Gasteiger partial charge is 0.216 e. The van der Waals surface area contributed by atoms with Crippen LogP contribution in [-0.2, 0) is 38.0 Å². The Kier molecular flexibility index (Phi) is 20.9. The quantitative estimate of drug-likeness (QED) is 0.119. The van der Waals surface area contributed by atoms with Crippen LogP contribution >= 0.6 is 0 Å². The third kappa shape index (κ3) is 18.9. The summed E-state index contributed by atoms with van der Waals surface area (Å²) in [7, 11) is -2.95. The molecule has 0 heterocycles. The van der Waals surface area contributed by atoms with Crippen LogP contribution in [0.15, 0.2) is 140 Å². The number of allylic oxidation sites excluding steroid dienone is 1. The predicted octanol–water partition coefficient (Wildman–Crippen LogP) is 13.3. The van der Waals surface area contributed by atoms with Crippen LogP contribution in [0.25, 0.3) is 0 Å². The number of ketones is 1. The topological polar surface area (TPSA) is 55.4 Å². The number of carbonyl (C=O) groups is 2. The van der Waals surface area contributed by atoms with Gasteiger partial charge in [-0.1, -0.05) is 160 Å². The number of amides is 1. The standard InChI is InChI=1S/C16H16.C13H24OSi2.C9H12.C8H13NO2.C7H8/c1-16(2)14-9-5-3-7-12(14)11-13-8-4-6-10-15(13)16;1-12-9-7-8-10-13(12)11-16(5,6)14-15(2,3)4;1-3-9-7-5-4-6-8(9)2;1-6(2)8(11)4-5-9-7(3)10;1-7-5-3-2-4-6-7/h3-10H,11H2,1-2H3;7-10H,11H2,1-6H3;4-7H,3H2,1-2H3;1,4-5H2,2-3H3,(H,9,10);2-6H,1H3. The highest BCUT2D eigenvalue weighted by atomic mass is 28.4. The first-order valence-electron chi connectivity index (χ1n) is 21.1. The van der Waals surface area contributed by atoms with Crippen molar-refractivity contribution in [3.05, 3.63) is 190 Å². The zero-order valence-electron chi connectivity index (χ0n) is 38.6. The van der Waals surface area contributed by atoms with Gasteiger partial charge in [-0.3, -0.25) is 9.59 Å². The summed E-state index contributed by atoms with van der Waals surface area (Å²) in [6, 6.07) is 46.2. The van der Waals surface area contributed by atoms with Crippen molar-refractivity contribution in [1.82, 2.24) is 5.32 Å². The Morgan fingerprint density at radius 2 is 1.10 bits per heavy atom. The van der Waals surface area contributed by atoms with Crippen LogP contribution in [0.3, 0.4) is 0 Å². The van der Waals surface area contributed by atoms with Crippen molar-refractivity contribution in [3.8, 4) is 0 Å². The maximum Gasteiger partial charge on any atom is 0.216 e. The van der Waals surface area contributed by atoms with Crippen molar-refractivity contribution in [3.63, 3.8) is 0 Å². The molecule has 0 aromatic heterocycles. The van der Waals surface area contributed by atoms with Crippen LogP contribution in [0.1, 0.15) is 91.1 Å². The highest BCUT2D eigenvalue weighted by molar-refractivity contribution is 6.84. The van der Waals surface area contributed by atoms with E-state index >= 15 is 0 Å². The molecule has 0 saturated heterocycles. The predicted molar refractivity (Wildman–Crippen MR) is 259 cm³/mol. The fraction of sp³-hybridized carbons (Fsp3) is 0.358. The lowest BCUT2D eigenvalue weighted by Crippen LogP contribution is -2.44. The highest BCUT2D eigenvalue weighted by Crippen LogP contribution is 2.40. The average Bonchev–Trinajstić information content (AvgIpc) is 3.16. The molecule has 0 unspecified atom stereocenters. The molecule has 6 rings (SSSR count). The summed E-state index contributed by atoms with van der Waals surface area (Å²) in [5.74, 6) is -0.113. The maximum absolute atomic E-state index is 10.9. The molecular weight excluding hydrogens is 755 g/mol. The van der Waals surface area contributed by atoms with Crippen LogP contribution in [0, 0.1) is 20.8 Å². The van der Waals surface area contributed by atoms with E-state index in [1.807, 2.05) is 18.2 Å². The van der Waals surface area contributed by atoms with Gasteiger partial charge >= 0.3 is 0 Å². The molecule has 0 bridgehead atoms. The first-order chi connectivity index (χ1) is 27.7. The normalized spacial score (nSPS) is 12.1. The number of hydrogen-bond acceptors (Lipinski definition) is 3. The lowest BCUT2D eigenvalue weighted by atomic mass is 9.69. The molecule has 0 atom stereocenters. The Bertz CT molecular complexity index is 2010. The Balaban J connectivity index is 0.000000263. The minimum Gasteiger partial charge on any atom is -0.455 e. The van der Waals surface area contributed by atoms with E-state index in [2.05, 4.69) is 195 Å². The Morgan fingerprint density at radius 1 is 0.661 bits per heavy atom. The van der Waals surface area contributed by atoms with Gasteiger partial charge in [0.1, 0.15) is 0 Å². The van der Waals surface area contributed by atoms with E-state index in [1.54, 1.807) is 6.92 Å². The van der Waals surface area contributed by atoms with Crippen molar-refractivity contribution in [1.29, 1.82) is 0 Å². The summed E-state index contributed by atoms with van der Waals surface area (Å²) in [6.07, 6.45) is 2.57. The SMILES string of the molecule is C=C(C)C(=O)CCNC(C)=O.CC1(C)c2ccccc2Cc2ccccc21.CCc1ccccc1C.Cc1ccccc1.Cc1ccccc1C[Si](C)(C)O[Si](C)(C)C. The monoisotopic (exact) mass is 828 g/mol. The number of hydrogen-bond donors (Lipinski definition) is 1. The zero-order chi connectivity index (χ0) is 44.2. The fourth-order valence-electron chi connectivity index (χ4n) is 7.16. The lowest BCUT2D eigenvalue weighted by Gasteiger charge is -2.35. The second-order valence-corrected chi connectivity index (χ2v) is 26.5. The van der Waals surface area contributed by atoms with E-state index < -0.39 is 16.6 Å². The van der Waals surface area contributed by atoms with Gasteiger partial charge in [0.25, 0.3) is 0 Å². The maximum atomic E-state index is 10.9. The second-order valence-electron chi connectivity index (χ2n) is 17.6. The van der Waals surface area contributed by atoms with Gasteiger partial charge in [-0.15, -0.1) is 0 Å². The molecule has 0 saturated carbocycles. The molecule has 0 radical (unpaired) electrons. The second kappa shape index (κ2) is 24.5. The number of aryl methyl sites for hydroxylation is 4. The average molecular weight is 828 g/mol. The molecular formula is C53H73NO3Si2. The van der Waals surface area contributed by atoms with Crippen molar-refractivity contribution in [2.45, 2.75) is 119 Å². The molecule has 5 aromatic carbocycles. The minimum absolute atomic E-state index is 0.00116. The van der Waals surface area contributed by atoms with E-state index in [9.17, 15) is 9.59 Å². The van der Waals surface area contributed by atoms with E-state index in [0.29, 0.717) is 18.5 Å². The number of Topliss-reactive ketones (excluding diaryl/α,β-unsaturated/α-hetero) is 1. The van der Waals surface area contributed by atoms with Gasteiger partial charge in [-0.05, 0) is 129 Å². The van der Waals surface area contributed by atoms with Gasteiger partial charge in [-0.2, -0.15) is 0 Å². The van der Waals surface area contributed by atoms with Gasteiger partial charge in [0.05, 0.1) is 0 Å². The molecule has 1 aliphatic carbocycles. The molecule has 5 aromatic rings. The fourth-order valence-corrected chi connectivity index (χ4v) is 15.4. The molecule has 0 aliphatic heterocycles. The van der Waals surface area contributed by atoms with Gasteiger partial charge in [0, 0.05) is 25.3 Å². The number of benzene rings is 5. The summed E-state index contributed by atoms with van der Waals surface area (Å²) in [6.45, 7) is 31.7. The minimum atomic E-state index is -1.55. The van der Waals surface area contributed by atoms with Crippen molar-refractivity contribution in [2.24, 2.45) is 0 Å². The molecule has 1 amide bonds. The molecule has 6 heteroatoms. The molecule has 59 heavy (non-hydrogen) atoms. The van der Waals surface area contributed by atoms with E-state index in [-0.39, 0.29) is 17.1 Å².